The second kappa shape index (κ2) is 7.04. The molecule has 5 aromatic carbocycles. The molecule has 154 valence electrons. The number of pyridine rings is 1. The van der Waals surface area contributed by atoms with E-state index < -0.39 is 0 Å². The normalized spacial score (nSPS) is 11.6. The van der Waals surface area contributed by atoms with E-state index in [0.717, 1.165) is 11.2 Å². The predicted molar refractivity (Wildman–Crippen MR) is 139 cm³/mol. The molecule has 0 radical (unpaired) electrons. The molecular weight excluding hydrogens is 400 g/mol. The van der Waals surface area contributed by atoms with Crippen molar-refractivity contribution in [2.75, 3.05) is 0 Å². The van der Waals surface area contributed by atoms with Gasteiger partial charge in [0.2, 0.25) is 0 Å². The summed E-state index contributed by atoms with van der Waals surface area (Å²) in [6, 6.07) is 41.0. The number of imidazole rings is 1. The first kappa shape index (κ1) is 18.2. The Labute approximate surface area is 191 Å². The minimum absolute atomic E-state index is 0.973. The monoisotopic (exact) mass is 420 g/mol. The van der Waals surface area contributed by atoms with E-state index in [2.05, 4.69) is 120 Å². The van der Waals surface area contributed by atoms with E-state index in [-0.39, 0.29) is 0 Å². The van der Waals surface area contributed by atoms with Gasteiger partial charge in [-0.25, -0.2) is 4.98 Å². The lowest BCUT2D eigenvalue weighted by Gasteiger charge is -2.11. The van der Waals surface area contributed by atoms with Crippen LogP contribution in [0.1, 0.15) is 0 Å². The Balaban J connectivity index is 1.65. The molecular formula is C31H20N2. The highest BCUT2D eigenvalue weighted by Crippen LogP contribution is 2.39. The Hall–Kier alpha value is -4.43. The van der Waals surface area contributed by atoms with Crippen LogP contribution in [0.2, 0.25) is 0 Å². The third-order valence-corrected chi connectivity index (χ3v) is 6.58. The molecule has 0 aliphatic rings. The molecule has 0 N–H and O–H groups in total. The summed E-state index contributed by atoms with van der Waals surface area (Å²) < 4.78 is 2.21. The fraction of sp³-hybridized carbons (Fsp3) is 0. The number of benzene rings is 5. The van der Waals surface area contributed by atoms with Crippen molar-refractivity contribution in [1.29, 1.82) is 0 Å². The lowest BCUT2D eigenvalue weighted by atomic mass is 9.93. The van der Waals surface area contributed by atoms with Crippen molar-refractivity contribution in [2.24, 2.45) is 0 Å². The molecule has 0 aliphatic carbocycles. The van der Waals surface area contributed by atoms with E-state index in [1.807, 2.05) is 6.07 Å². The van der Waals surface area contributed by atoms with Gasteiger partial charge in [-0.05, 0) is 57.3 Å². The quantitative estimate of drug-likeness (QED) is 0.258. The number of fused-ring (bicyclic) bond motifs is 8. The first-order valence-corrected chi connectivity index (χ1v) is 11.2. The van der Waals surface area contributed by atoms with Crippen LogP contribution < -0.4 is 0 Å². The van der Waals surface area contributed by atoms with E-state index in [4.69, 9.17) is 4.98 Å². The number of nitrogens with zero attached hydrogens (tertiary/aromatic N) is 2. The van der Waals surface area contributed by atoms with Crippen molar-refractivity contribution < 1.29 is 0 Å². The van der Waals surface area contributed by atoms with Gasteiger partial charge in [0.1, 0.15) is 5.65 Å². The van der Waals surface area contributed by atoms with Gasteiger partial charge in [-0.2, -0.15) is 0 Å². The molecule has 0 saturated carbocycles. The van der Waals surface area contributed by atoms with E-state index in [9.17, 15) is 0 Å². The van der Waals surface area contributed by atoms with Gasteiger partial charge >= 0.3 is 0 Å². The maximum atomic E-state index is 5.04. The molecule has 0 saturated heterocycles. The van der Waals surface area contributed by atoms with Gasteiger partial charge < -0.3 is 0 Å². The van der Waals surface area contributed by atoms with Crippen molar-refractivity contribution in [3.8, 4) is 22.3 Å². The zero-order valence-electron chi connectivity index (χ0n) is 17.9. The van der Waals surface area contributed by atoms with Gasteiger partial charge in [0.25, 0.3) is 0 Å². The maximum absolute atomic E-state index is 5.04. The summed E-state index contributed by atoms with van der Waals surface area (Å²) >= 11 is 0. The fourth-order valence-corrected chi connectivity index (χ4v) is 5.01. The van der Waals surface area contributed by atoms with E-state index >= 15 is 0 Å². The Morgan fingerprint density at radius 2 is 1.03 bits per heavy atom. The molecule has 33 heavy (non-hydrogen) atoms. The van der Waals surface area contributed by atoms with Crippen LogP contribution in [0.25, 0.3) is 60.5 Å². The van der Waals surface area contributed by atoms with Crippen molar-refractivity contribution in [3.05, 3.63) is 121 Å². The number of rotatable bonds is 2. The smallest absolute Gasteiger partial charge is 0.137 e. The van der Waals surface area contributed by atoms with Crippen molar-refractivity contribution in [2.45, 2.75) is 0 Å². The average Bonchev–Trinajstić information content (AvgIpc) is 3.29. The molecule has 0 atom stereocenters. The molecule has 0 unspecified atom stereocenters. The summed E-state index contributed by atoms with van der Waals surface area (Å²) in [6.07, 6.45) is 2.11. The summed E-state index contributed by atoms with van der Waals surface area (Å²) in [5, 5.41) is 4.90. The molecule has 0 amide bonds. The minimum atomic E-state index is 0.973. The van der Waals surface area contributed by atoms with E-state index in [0.29, 0.717) is 0 Å². The zero-order chi connectivity index (χ0) is 21.8. The zero-order valence-corrected chi connectivity index (χ0v) is 17.9. The lowest BCUT2D eigenvalue weighted by Crippen LogP contribution is -1.88. The summed E-state index contributed by atoms with van der Waals surface area (Å²) in [5.74, 6) is 0. The first-order chi connectivity index (χ1) is 16.4. The lowest BCUT2D eigenvalue weighted by molar-refractivity contribution is 1.23. The second-order valence-corrected chi connectivity index (χ2v) is 8.49. The topological polar surface area (TPSA) is 17.3 Å². The number of hydrogen-bond acceptors (Lipinski definition) is 1. The van der Waals surface area contributed by atoms with Crippen LogP contribution in [0.4, 0.5) is 0 Å². The standard InChI is InChI=1S/C31H20N2/c1-3-9-21(10-4-1)23-14-16-25-27(19-23)28-20-24(22-11-5-2-6-12-22)15-17-26(28)31-30(25)32-29-13-7-8-18-33(29)31/h1-20H. The molecule has 2 heteroatoms. The van der Waals surface area contributed by atoms with Crippen LogP contribution in [0.15, 0.2) is 121 Å². The molecule has 0 bridgehead atoms. The summed E-state index contributed by atoms with van der Waals surface area (Å²) in [6.45, 7) is 0. The maximum Gasteiger partial charge on any atom is 0.137 e. The second-order valence-electron chi connectivity index (χ2n) is 8.49. The molecule has 0 spiro atoms. The molecule has 7 rings (SSSR count). The van der Waals surface area contributed by atoms with Gasteiger partial charge in [0.05, 0.1) is 11.0 Å². The minimum Gasteiger partial charge on any atom is -0.299 e. The molecule has 2 aromatic heterocycles. The Bertz CT molecular complexity index is 1800. The fourth-order valence-electron chi connectivity index (χ4n) is 5.01. The molecule has 0 fully saturated rings. The van der Waals surface area contributed by atoms with Gasteiger partial charge in [0.15, 0.2) is 0 Å². The van der Waals surface area contributed by atoms with E-state index in [1.165, 1.54) is 49.3 Å². The van der Waals surface area contributed by atoms with Crippen LogP contribution in [0.5, 0.6) is 0 Å². The van der Waals surface area contributed by atoms with Gasteiger partial charge in [-0.15, -0.1) is 0 Å². The third-order valence-electron chi connectivity index (χ3n) is 6.58. The molecule has 2 nitrogen and oxygen atoms in total. The molecule has 0 aliphatic heterocycles. The van der Waals surface area contributed by atoms with Gasteiger partial charge in [0, 0.05) is 17.0 Å². The Kier molecular flexibility index (Phi) is 3.88. The first-order valence-electron chi connectivity index (χ1n) is 11.2. The van der Waals surface area contributed by atoms with Crippen LogP contribution >= 0.6 is 0 Å². The highest BCUT2D eigenvalue weighted by atomic mass is 15.0. The summed E-state index contributed by atoms with van der Waals surface area (Å²) in [7, 11) is 0. The van der Waals surface area contributed by atoms with Crippen LogP contribution in [-0.4, -0.2) is 9.38 Å². The van der Waals surface area contributed by atoms with Crippen LogP contribution in [0, 0.1) is 0 Å². The van der Waals surface area contributed by atoms with Gasteiger partial charge in [-0.1, -0.05) is 91.0 Å². The number of aromatic nitrogens is 2. The average molecular weight is 421 g/mol. The summed E-state index contributed by atoms with van der Waals surface area (Å²) in [5.41, 5.74) is 8.09. The van der Waals surface area contributed by atoms with Crippen LogP contribution in [0.3, 0.4) is 0 Å². The van der Waals surface area contributed by atoms with Crippen LogP contribution in [-0.2, 0) is 0 Å². The molecule has 2 heterocycles. The highest BCUT2D eigenvalue weighted by Gasteiger charge is 2.15. The van der Waals surface area contributed by atoms with Crippen molar-refractivity contribution in [1.82, 2.24) is 9.38 Å². The van der Waals surface area contributed by atoms with E-state index in [1.54, 1.807) is 0 Å². The third kappa shape index (κ3) is 2.78. The highest BCUT2D eigenvalue weighted by molar-refractivity contribution is 6.25. The number of hydrogen-bond donors (Lipinski definition) is 0. The van der Waals surface area contributed by atoms with Crippen molar-refractivity contribution in [3.63, 3.8) is 0 Å². The summed E-state index contributed by atoms with van der Waals surface area (Å²) in [4.78, 5) is 5.04. The largest absolute Gasteiger partial charge is 0.299 e. The van der Waals surface area contributed by atoms with Gasteiger partial charge in [-0.3, -0.25) is 4.40 Å². The van der Waals surface area contributed by atoms with Crippen molar-refractivity contribution >= 4 is 38.2 Å². The Morgan fingerprint density at radius 3 is 1.70 bits per heavy atom. The SMILES string of the molecule is c1ccc(-c2ccc3c(c2)c2cc(-c4ccccc4)ccc2c2c3nc3ccccn32)cc1. The Morgan fingerprint density at radius 1 is 0.455 bits per heavy atom. The predicted octanol–water partition coefficient (Wildman–Crippen LogP) is 8.13. The molecule has 7 aromatic rings.